The van der Waals surface area contributed by atoms with Crippen molar-refractivity contribution in [3.05, 3.63) is 38.6 Å². The highest BCUT2D eigenvalue weighted by Crippen LogP contribution is 2.29. The molecule has 0 aliphatic carbocycles. The van der Waals surface area contributed by atoms with Crippen LogP contribution in [0, 0.1) is 27.7 Å². The molecule has 0 aromatic carbocycles. The lowest BCUT2D eigenvalue weighted by Gasteiger charge is -2.24. The first-order valence-corrected chi connectivity index (χ1v) is 8.56. The van der Waals surface area contributed by atoms with Crippen molar-refractivity contribution in [2.24, 2.45) is 0 Å². The molecular formula is C17H20N4O2S. The van der Waals surface area contributed by atoms with E-state index in [1.807, 2.05) is 34.6 Å². The molecule has 0 aliphatic rings. The summed E-state index contributed by atoms with van der Waals surface area (Å²) in [6.07, 6.45) is 0. The van der Waals surface area contributed by atoms with Crippen molar-refractivity contribution in [2.75, 3.05) is 7.05 Å². The lowest BCUT2D eigenvalue weighted by Crippen LogP contribution is -2.30. The molecule has 1 atom stereocenters. The van der Waals surface area contributed by atoms with Crippen LogP contribution in [0.1, 0.15) is 50.3 Å². The van der Waals surface area contributed by atoms with Crippen LogP contribution in [0.5, 0.6) is 0 Å². The van der Waals surface area contributed by atoms with Gasteiger partial charge in [0.25, 0.3) is 11.6 Å². The quantitative estimate of drug-likeness (QED) is 0.723. The van der Waals surface area contributed by atoms with E-state index in [-0.39, 0.29) is 11.9 Å². The van der Waals surface area contributed by atoms with Gasteiger partial charge in [-0.2, -0.15) is 0 Å². The third-order valence-corrected chi connectivity index (χ3v) is 5.11. The molecule has 0 saturated carbocycles. The smallest absolute Gasteiger partial charge is 0.258 e. The van der Waals surface area contributed by atoms with Crippen LogP contribution in [-0.4, -0.2) is 33.0 Å². The van der Waals surface area contributed by atoms with Gasteiger partial charge in [-0.05, 0) is 40.7 Å². The Kier molecular flexibility index (Phi) is 4.13. The summed E-state index contributed by atoms with van der Waals surface area (Å²) in [5, 5.41) is 5.62. The summed E-state index contributed by atoms with van der Waals surface area (Å²) >= 11 is 1.65. The number of thiazole rings is 1. The van der Waals surface area contributed by atoms with Crippen molar-refractivity contribution in [3.8, 4) is 0 Å². The number of carbonyl (C=O) groups excluding carboxylic acids is 1. The molecule has 1 amide bonds. The molecule has 6 nitrogen and oxygen atoms in total. The number of carbonyl (C=O) groups is 1. The monoisotopic (exact) mass is 344 g/mol. The average Bonchev–Trinajstić information content (AvgIpc) is 3.06. The SMILES string of the molecule is Cc1cc(C(=O)N(C)[C@@H](C)c2nc(C)sc2C)c2c(C)noc2n1. The highest BCUT2D eigenvalue weighted by Gasteiger charge is 2.26. The van der Waals surface area contributed by atoms with Gasteiger partial charge in [-0.25, -0.2) is 9.97 Å². The molecule has 3 aromatic heterocycles. The van der Waals surface area contributed by atoms with Gasteiger partial charge in [0.2, 0.25) is 0 Å². The van der Waals surface area contributed by atoms with E-state index in [0.717, 1.165) is 21.3 Å². The van der Waals surface area contributed by atoms with Crippen LogP contribution in [0.2, 0.25) is 0 Å². The summed E-state index contributed by atoms with van der Waals surface area (Å²) in [5.74, 6) is -0.0886. The zero-order valence-electron chi connectivity index (χ0n) is 14.7. The third kappa shape index (κ3) is 2.69. The van der Waals surface area contributed by atoms with Gasteiger partial charge < -0.3 is 9.42 Å². The first-order chi connectivity index (χ1) is 11.3. The van der Waals surface area contributed by atoms with Gasteiger partial charge in [-0.1, -0.05) is 5.16 Å². The highest BCUT2D eigenvalue weighted by molar-refractivity contribution is 7.11. The summed E-state index contributed by atoms with van der Waals surface area (Å²) in [6.45, 7) is 9.66. The minimum atomic E-state index is -0.119. The fraction of sp³-hybridized carbons (Fsp3) is 0.412. The van der Waals surface area contributed by atoms with E-state index in [1.165, 1.54) is 0 Å². The summed E-state index contributed by atoms with van der Waals surface area (Å²) in [4.78, 5) is 24.8. The van der Waals surface area contributed by atoms with Crippen molar-refractivity contribution in [3.63, 3.8) is 0 Å². The second-order valence-electron chi connectivity index (χ2n) is 6.03. The maximum absolute atomic E-state index is 13.1. The zero-order valence-corrected chi connectivity index (χ0v) is 15.5. The Morgan fingerprint density at radius 3 is 2.58 bits per heavy atom. The molecule has 24 heavy (non-hydrogen) atoms. The molecule has 3 rings (SSSR count). The molecule has 7 heteroatoms. The first-order valence-electron chi connectivity index (χ1n) is 7.74. The van der Waals surface area contributed by atoms with E-state index in [0.29, 0.717) is 22.4 Å². The van der Waals surface area contributed by atoms with E-state index in [2.05, 4.69) is 15.1 Å². The largest absolute Gasteiger partial charge is 0.336 e. The van der Waals surface area contributed by atoms with Gasteiger partial charge in [0, 0.05) is 17.6 Å². The Bertz CT molecular complexity index is 928. The lowest BCUT2D eigenvalue weighted by atomic mass is 10.1. The predicted molar refractivity (Wildman–Crippen MR) is 93.4 cm³/mol. The van der Waals surface area contributed by atoms with Crippen LogP contribution in [0.15, 0.2) is 10.6 Å². The maximum atomic E-state index is 13.1. The van der Waals surface area contributed by atoms with E-state index in [1.54, 1.807) is 29.4 Å². The van der Waals surface area contributed by atoms with Crippen molar-refractivity contribution in [2.45, 2.75) is 40.7 Å². The van der Waals surface area contributed by atoms with Crippen LogP contribution in [0.4, 0.5) is 0 Å². The van der Waals surface area contributed by atoms with E-state index in [9.17, 15) is 4.79 Å². The number of aryl methyl sites for hydroxylation is 4. The molecule has 0 saturated heterocycles. The summed E-state index contributed by atoms with van der Waals surface area (Å²) in [5.41, 5.74) is 3.30. The topological polar surface area (TPSA) is 72.1 Å². The molecule has 3 heterocycles. The van der Waals surface area contributed by atoms with Gasteiger partial charge in [-0.15, -0.1) is 11.3 Å². The van der Waals surface area contributed by atoms with Gasteiger partial charge in [-0.3, -0.25) is 4.79 Å². The fourth-order valence-electron chi connectivity index (χ4n) is 2.87. The normalized spacial score (nSPS) is 12.6. The number of nitrogens with zero attached hydrogens (tertiary/aromatic N) is 4. The Hall–Kier alpha value is -2.28. The van der Waals surface area contributed by atoms with Crippen molar-refractivity contribution in [1.82, 2.24) is 20.0 Å². The van der Waals surface area contributed by atoms with E-state index >= 15 is 0 Å². The van der Waals surface area contributed by atoms with Gasteiger partial charge in [0.1, 0.15) is 0 Å². The zero-order chi connectivity index (χ0) is 17.6. The van der Waals surface area contributed by atoms with Crippen molar-refractivity contribution >= 4 is 28.3 Å². The molecule has 0 fully saturated rings. The van der Waals surface area contributed by atoms with E-state index < -0.39 is 0 Å². The molecule has 0 bridgehead atoms. The standard InChI is InChI=1S/C17H20N4O2S/c1-8-7-13(14-9(2)20-23-16(14)18-8)17(22)21(6)10(3)15-11(4)24-12(5)19-15/h7,10H,1-6H3/t10-/m0/s1. The van der Waals surface area contributed by atoms with Crippen LogP contribution >= 0.6 is 11.3 Å². The van der Waals surface area contributed by atoms with Gasteiger partial charge in [0.15, 0.2) is 0 Å². The third-order valence-electron chi connectivity index (χ3n) is 4.21. The summed E-state index contributed by atoms with van der Waals surface area (Å²) in [6, 6.07) is 1.67. The number of amides is 1. The van der Waals surface area contributed by atoms with Gasteiger partial charge >= 0.3 is 0 Å². The highest BCUT2D eigenvalue weighted by atomic mass is 32.1. The minimum absolute atomic E-state index is 0.0886. The number of hydrogen-bond donors (Lipinski definition) is 0. The molecular weight excluding hydrogens is 324 g/mol. The van der Waals surface area contributed by atoms with Crippen LogP contribution < -0.4 is 0 Å². The second kappa shape index (κ2) is 5.98. The lowest BCUT2D eigenvalue weighted by molar-refractivity contribution is 0.0741. The molecule has 3 aromatic rings. The van der Waals surface area contributed by atoms with Crippen LogP contribution in [0.25, 0.3) is 11.1 Å². The van der Waals surface area contributed by atoms with E-state index in [4.69, 9.17) is 4.52 Å². The van der Waals surface area contributed by atoms with Gasteiger partial charge in [0.05, 0.1) is 33.4 Å². The molecule has 0 N–H and O–H groups in total. The Balaban J connectivity index is 2.02. The van der Waals surface area contributed by atoms with Crippen molar-refractivity contribution < 1.29 is 9.32 Å². The Morgan fingerprint density at radius 1 is 1.25 bits per heavy atom. The fourth-order valence-corrected chi connectivity index (χ4v) is 3.78. The molecule has 126 valence electrons. The summed E-state index contributed by atoms with van der Waals surface area (Å²) < 4.78 is 5.23. The predicted octanol–water partition coefficient (Wildman–Crippen LogP) is 3.75. The maximum Gasteiger partial charge on any atom is 0.258 e. The van der Waals surface area contributed by atoms with Crippen LogP contribution in [0.3, 0.4) is 0 Å². The molecule has 0 spiro atoms. The number of fused-ring (bicyclic) bond motifs is 1. The minimum Gasteiger partial charge on any atom is -0.336 e. The summed E-state index contributed by atoms with van der Waals surface area (Å²) in [7, 11) is 1.80. The van der Waals surface area contributed by atoms with Crippen molar-refractivity contribution in [1.29, 1.82) is 0 Å². The molecule has 0 aliphatic heterocycles. The average molecular weight is 344 g/mol. The first kappa shape index (κ1) is 16.6. The molecule has 0 unspecified atom stereocenters. The number of rotatable bonds is 3. The number of pyridine rings is 1. The number of aromatic nitrogens is 3. The van der Waals surface area contributed by atoms with Crippen LogP contribution in [-0.2, 0) is 0 Å². The Morgan fingerprint density at radius 2 is 1.96 bits per heavy atom. The second-order valence-corrected chi connectivity index (χ2v) is 7.43. The Labute approximate surface area is 144 Å². The number of hydrogen-bond acceptors (Lipinski definition) is 6. The molecule has 0 radical (unpaired) electrons.